The van der Waals surface area contributed by atoms with Crippen LogP contribution < -0.4 is 10.4 Å². The average molecular weight is 339 g/mol. The van der Waals surface area contributed by atoms with Gasteiger partial charge in [-0.15, -0.1) is 0 Å². The first-order chi connectivity index (χ1) is 12.2. The second-order valence-electron chi connectivity index (χ2n) is 6.56. The van der Waals surface area contributed by atoms with E-state index in [1.165, 1.54) is 32.1 Å². The number of nitrogens with zero attached hydrogens (tertiary/aromatic N) is 4. The number of hydrogen-bond donors (Lipinski definition) is 1. The third kappa shape index (κ3) is 3.14. The minimum atomic E-state index is -0.134. The number of aromatic nitrogens is 5. The van der Waals surface area contributed by atoms with E-state index in [2.05, 4.69) is 15.0 Å². The van der Waals surface area contributed by atoms with Crippen LogP contribution in [0.15, 0.2) is 29.3 Å². The van der Waals surface area contributed by atoms with E-state index >= 15 is 0 Å². The zero-order valence-electron chi connectivity index (χ0n) is 14.2. The Kier molecular flexibility index (Phi) is 4.21. The Morgan fingerprint density at radius 1 is 1.28 bits per heavy atom. The number of methoxy groups -OCH3 is 1. The molecule has 3 heterocycles. The van der Waals surface area contributed by atoms with Crippen LogP contribution in [0, 0.1) is 5.92 Å². The summed E-state index contributed by atoms with van der Waals surface area (Å²) in [4.78, 5) is 28.4. The normalized spacial score (nSPS) is 15.6. The summed E-state index contributed by atoms with van der Waals surface area (Å²) in [6.07, 6.45) is 9.48. The van der Waals surface area contributed by atoms with E-state index in [0.29, 0.717) is 35.3 Å². The summed E-state index contributed by atoms with van der Waals surface area (Å²) >= 11 is 0. The molecule has 25 heavy (non-hydrogen) atoms. The van der Waals surface area contributed by atoms with Gasteiger partial charge in [-0.1, -0.05) is 19.3 Å². The van der Waals surface area contributed by atoms with Gasteiger partial charge in [-0.2, -0.15) is 0 Å². The summed E-state index contributed by atoms with van der Waals surface area (Å²) in [7, 11) is 1.58. The topological polar surface area (TPSA) is 85.7 Å². The van der Waals surface area contributed by atoms with E-state index in [0.717, 1.165) is 5.56 Å². The van der Waals surface area contributed by atoms with Crippen molar-refractivity contribution in [3.8, 4) is 17.1 Å². The van der Waals surface area contributed by atoms with E-state index < -0.39 is 0 Å². The monoisotopic (exact) mass is 339 g/mol. The number of pyridine rings is 1. The van der Waals surface area contributed by atoms with Crippen molar-refractivity contribution in [1.29, 1.82) is 0 Å². The average Bonchev–Trinajstić information content (AvgIpc) is 2.97. The van der Waals surface area contributed by atoms with Crippen LogP contribution in [0.25, 0.3) is 22.6 Å². The summed E-state index contributed by atoms with van der Waals surface area (Å²) in [5.41, 5.74) is 2.57. The molecule has 1 N–H and O–H groups in total. The molecule has 0 bridgehead atoms. The second kappa shape index (κ2) is 6.66. The molecular formula is C18H21N5O2. The van der Waals surface area contributed by atoms with Gasteiger partial charge in [0.05, 0.1) is 19.0 Å². The SMILES string of the molecule is COc1cc(-c2cnc3[nH]c(=O)n(CC4CCCCC4)c3n2)ccn1. The van der Waals surface area contributed by atoms with Crippen LogP contribution in [0.3, 0.4) is 0 Å². The van der Waals surface area contributed by atoms with Gasteiger partial charge in [0.2, 0.25) is 5.88 Å². The molecule has 3 aromatic rings. The third-order valence-electron chi connectivity index (χ3n) is 4.89. The van der Waals surface area contributed by atoms with E-state index in [1.807, 2.05) is 12.1 Å². The molecule has 7 heteroatoms. The summed E-state index contributed by atoms with van der Waals surface area (Å²) in [6.45, 7) is 0.705. The molecule has 1 fully saturated rings. The van der Waals surface area contributed by atoms with E-state index in [-0.39, 0.29) is 5.69 Å². The summed E-state index contributed by atoms with van der Waals surface area (Å²) in [5, 5.41) is 0. The number of imidazole rings is 1. The molecule has 0 aromatic carbocycles. The Morgan fingerprint density at radius 3 is 2.92 bits per heavy atom. The van der Waals surface area contributed by atoms with E-state index in [9.17, 15) is 4.79 Å². The standard InChI is InChI=1S/C18H21N5O2/c1-25-15-9-13(7-8-19-15)14-10-20-16-17(21-14)23(18(24)22-16)11-12-5-3-2-4-6-12/h7-10,12H,2-6,11H2,1H3,(H,20,22,24). The number of nitrogens with one attached hydrogen (secondary N) is 1. The summed E-state index contributed by atoms with van der Waals surface area (Å²) < 4.78 is 6.91. The van der Waals surface area contributed by atoms with Crippen molar-refractivity contribution in [2.75, 3.05) is 7.11 Å². The van der Waals surface area contributed by atoms with Crippen molar-refractivity contribution >= 4 is 11.3 Å². The fraction of sp³-hybridized carbons (Fsp3) is 0.444. The smallest absolute Gasteiger partial charge is 0.328 e. The fourth-order valence-electron chi connectivity index (χ4n) is 3.54. The van der Waals surface area contributed by atoms with Crippen LogP contribution >= 0.6 is 0 Å². The molecule has 0 atom stereocenters. The largest absolute Gasteiger partial charge is 0.481 e. The molecular weight excluding hydrogens is 318 g/mol. The Labute approximate surface area is 145 Å². The van der Waals surface area contributed by atoms with Gasteiger partial charge in [-0.05, 0) is 24.8 Å². The molecule has 130 valence electrons. The predicted octanol–water partition coefficient (Wildman–Crippen LogP) is 2.77. The first-order valence-electron chi connectivity index (χ1n) is 8.70. The van der Waals surface area contributed by atoms with Crippen molar-refractivity contribution in [3.63, 3.8) is 0 Å². The van der Waals surface area contributed by atoms with Gasteiger partial charge in [-0.3, -0.25) is 9.55 Å². The van der Waals surface area contributed by atoms with Gasteiger partial charge >= 0.3 is 5.69 Å². The van der Waals surface area contributed by atoms with Crippen molar-refractivity contribution in [2.24, 2.45) is 5.92 Å². The van der Waals surface area contributed by atoms with Gasteiger partial charge in [-0.25, -0.2) is 19.7 Å². The van der Waals surface area contributed by atoms with Crippen LogP contribution in [-0.4, -0.2) is 31.6 Å². The lowest BCUT2D eigenvalue weighted by Crippen LogP contribution is -2.23. The van der Waals surface area contributed by atoms with Crippen molar-refractivity contribution < 1.29 is 4.74 Å². The van der Waals surface area contributed by atoms with Crippen LogP contribution in [0.2, 0.25) is 0 Å². The van der Waals surface area contributed by atoms with Crippen molar-refractivity contribution in [1.82, 2.24) is 24.5 Å². The van der Waals surface area contributed by atoms with Gasteiger partial charge < -0.3 is 4.74 Å². The molecule has 4 rings (SSSR count). The minimum absolute atomic E-state index is 0.134. The molecule has 0 amide bonds. The number of rotatable bonds is 4. The number of aromatic amines is 1. The van der Waals surface area contributed by atoms with E-state index in [1.54, 1.807) is 24.1 Å². The quantitative estimate of drug-likeness (QED) is 0.790. The molecule has 3 aromatic heterocycles. The maximum atomic E-state index is 12.4. The van der Waals surface area contributed by atoms with Crippen LogP contribution in [0.5, 0.6) is 5.88 Å². The fourth-order valence-corrected chi connectivity index (χ4v) is 3.54. The highest BCUT2D eigenvalue weighted by Gasteiger charge is 2.18. The highest BCUT2D eigenvalue weighted by atomic mass is 16.5. The van der Waals surface area contributed by atoms with Gasteiger partial charge in [0.15, 0.2) is 11.3 Å². The molecule has 0 unspecified atom stereocenters. The maximum absolute atomic E-state index is 12.4. The van der Waals surface area contributed by atoms with Gasteiger partial charge in [0, 0.05) is 24.4 Å². The number of hydrogen-bond acceptors (Lipinski definition) is 5. The van der Waals surface area contributed by atoms with Gasteiger partial charge in [0.25, 0.3) is 0 Å². The minimum Gasteiger partial charge on any atom is -0.481 e. The molecule has 0 radical (unpaired) electrons. The van der Waals surface area contributed by atoms with Crippen molar-refractivity contribution in [3.05, 3.63) is 35.0 Å². The molecule has 0 saturated heterocycles. The Morgan fingerprint density at radius 2 is 2.12 bits per heavy atom. The zero-order valence-corrected chi connectivity index (χ0v) is 14.2. The highest BCUT2D eigenvalue weighted by molar-refractivity contribution is 5.71. The number of fused-ring (bicyclic) bond motifs is 1. The van der Waals surface area contributed by atoms with Crippen LogP contribution in [-0.2, 0) is 6.54 Å². The van der Waals surface area contributed by atoms with Crippen LogP contribution in [0.4, 0.5) is 0 Å². The van der Waals surface area contributed by atoms with Gasteiger partial charge in [0.1, 0.15) is 0 Å². The third-order valence-corrected chi connectivity index (χ3v) is 4.89. The highest BCUT2D eigenvalue weighted by Crippen LogP contribution is 2.26. The number of ether oxygens (including phenoxy) is 1. The molecule has 1 aliphatic rings. The molecule has 0 aliphatic heterocycles. The molecule has 7 nitrogen and oxygen atoms in total. The Bertz CT molecular complexity index is 940. The first kappa shape index (κ1) is 15.8. The lowest BCUT2D eigenvalue weighted by atomic mass is 9.89. The predicted molar refractivity (Wildman–Crippen MR) is 94.5 cm³/mol. The molecule has 0 spiro atoms. The molecule has 1 aliphatic carbocycles. The lowest BCUT2D eigenvalue weighted by Gasteiger charge is -2.21. The molecule has 1 saturated carbocycles. The van der Waals surface area contributed by atoms with Crippen molar-refractivity contribution in [2.45, 2.75) is 38.6 Å². The summed E-state index contributed by atoms with van der Waals surface area (Å²) in [6, 6.07) is 3.67. The zero-order chi connectivity index (χ0) is 17.2. The Balaban J connectivity index is 1.73. The van der Waals surface area contributed by atoms with E-state index in [4.69, 9.17) is 9.72 Å². The summed E-state index contributed by atoms with van der Waals surface area (Å²) in [5.74, 6) is 1.06. The Hall–Kier alpha value is -2.70. The van der Waals surface area contributed by atoms with Crippen LogP contribution in [0.1, 0.15) is 32.1 Å². The number of H-pyrrole nitrogens is 1. The maximum Gasteiger partial charge on any atom is 0.328 e. The lowest BCUT2D eigenvalue weighted by molar-refractivity contribution is 0.319. The first-order valence-corrected chi connectivity index (χ1v) is 8.70. The second-order valence-corrected chi connectivity index (χ2v) is 6.56.